The van der Waals surface area contributed by atoms with Gasteiger partial charge in [-0.2, -0.15) is 0 Å². The fraction of sp³-hybridized carbons (Fsp3) is 0.467. The van der Waals surface area contributed by atoms with Gasteiger partial charge in [-0.25, -0.2) is 4.79 Å². The van der Waals surface area contributed by atoms with Crippen LogP contribution in [0.4, 0.5) is 10.5 Å². The molecule has 0 saturated heterocycles. The van der Waals surface area contributed by atoms with Crippen molar-refractivity contribution < 1.29 is 14.7 Å². The molecule has 0 aliphatic heterocycles. The lowest BCUT2D eigenvalue weighted by molar-refractivity contribution is -0.136. The molecule has 0 heterocycles. The molecule has 1 aromatic rings. The minimum atomic E-state index is -0.908. The molecule has 2 unspecified atom stereocenters. The van der Waals surface area contributed by atoms with Crippen LogP contribution in [-0.4, -0.2) is 30.2 Å². The maximum atomic E-state index is 12.2. The number of urea groups is 1. The summed E-state index contributed by atoms with van der Waals surface area (Å²) in [5, 5.41) is 11.7. The minimum absolute atomic E-state index is 0.0673. The number of rotatable bonds is 6. The first kappa shape index (κ1) is 14.4. The number of benzene rings is 1. The van der Waals surface area contributed by atoms with Crippen LogP contribution in [0.2, 0.25) is 0 Å². The maximum absolute atomic E-state index is 12.2. The SMILES string of the molecule is CC1CC1CNC(=O)N(CCC(=O)O)c1ccccc1. The lowest BCUT2D eigenvalue weighted by atomic mass is 10.2. The number of carboxylic acids is 1. The Kier molecular flexibility index (Phi) is 4.61. The average Bonchev–Trinajstić information content (AvgIpc) is 3.13. The standard InChI is InChI=1S/C15H20N2O3/c1-11-9-12(11)10-16-15(20)17(8-7-14(18)19)13-5-3-2-4-6-13/h2-6,11-12H,7-10H2,1H3,(H,16,20)(H,18,19). The second-order valence-corrected chi connectivity index (χ2v) is 5.29. The second-order valence-electron chi connectivity index (χ2n) is 5.29. The summed E-state index contributed by atoms with van der Waals surface area (Å²) in [5.41, 5.74) is 0.718. The van der Waals surface area contributed by atoms with Crippen molar-refractivity contribution in [1.29, 1.82) is 0 Å². The van der Waals surface area contributed by atoms with Crippen LogP contribution >= 0.6 is 0 Å². The highest BCUT2D eigenvalue weighted by atomic mass is 16.4. The van der Waals surface area contributed by atoms with Crippen molar-refractivity contribution in [2.24, 2.45) is 11.8 Å². The van der Waals surface area contributed by atoms with E-state index in [1.54, 1.807) is 12.1 Å². The quantitative estimate of drug-likeness (QED) is 0.837. The normalized spacial score (nSPS) is 20.2. The zero-order valence-electron chi connectivity index (χ0n) is 11.6. The topological polar surface area (TPSA) is 69.6 Å². The summed E-state index contributed by atoms with van der Waals surface area (Å²) in [6.45, 7) is 3.00. The van der Waals surface area contributed by atoms with Crippen molar-refractivity contribution >= 4 is 17.7 Å². The summed E-state index contributed by atoms with van der Waals surface area (Å²) >= 11 is 0. The maximum Gasteiger partial charge on any atom is 0.321 e. The highest BCUT2D eigenvalue weighted by Gasteiger charge is 2.32. The number of hydrogen-bond acceptors (Lipinski definition) is 2. The van der Waals surface area contributed by atoms with Crippen molar-refractivity contribution in [3.63, 3.8) is 0 Å². The predicted molar refractivity (Wildman–Crippen MR) is 76.7 cm³/mol. The third kappa shape index (κ3) is 3.98. The van der Waals surface area contributed by atoms with E-state index < -0.39 is 5.97 Å². The summed E-state index contributed by atoms with van der Waals surface area (Å²) in [7, 11) is 0. The molecule has 0 spiro atoms. The van der Waals surface area contributed by atoms with Crippen LogP contribution in [0.25, 0.3) is 0 Å². The van der Waals surface area contributed by atoms with E-state index in [1.807, 2.05) is 18.2 Å². The Bertz CT molecular complexity index is 475. The van der Waals surface area contributed by atoms with Gasteiger partial charge in [0.25, 0.3) is 0 Å². The molecule has 1 fully saturated rings. The highest BCUT2D eigenvalue weighted by Crippen LogP contribution is 2.36. The van der Waals surface area contributed by atoms with Crippen LogP contribution < -0.4 is 10.2 Å². The van der Waals surface area contributed by atoms with Crippen LogP contribution in [0.15, 0.2) is 30.3 Å². The Hall–Kier alpha value is -2.04. The van der Waals surface area contributed by atoms with Crippen molar-refractivity contribution in [2.45, 2.75) is 19.8 Å². The van der Waals surface area contributed by atoms with Crippen LogP contribution in [0.3, 0.4) is 0 Å². The molecule has 20 heavy (non-hydrogen) atoms. The summed E-state index contributed by atoms with van der Waals surface area (Å²) < 4.78 is 0. The first-order valence-corrected chi connectivity index (χ1v) is 6.90. The van der Waals surface area contributed by atoms with Gasteiger partial charge in [-0.15, -0.1) is 0 Å². The molecule has 0 bridgehead atoms. The fourth-order valence-corrected chi connectivity index (χ4v) is 2.16. The molecule has 2 atom stereocenters. The Morgan fingerprint density at radius 1 is 1.35 bits per heavy atom. The van der Waals surface area contributed by atoms with Gasteiger partial charge in [0, 0.05) is 18.8 Å². The summed E-state index contributed by atoms with van der Waals surface area (Å²) in [6.07, 6.45) is 1.09. The molecule has 2 N–H and O–H groups in total. The predicted octanol–water partition coefficient (Wildman–Crippen LogP) is 2.33. The zero-order chi connectivity index (χ0) is 14.5. The zero-order valence-corrected chi connectivity index (χ0v) is 11.6. The number of anilines is 1. The van der Waals surface area contributed by atoms with Gasteiger partial charge in [-0.3, -0.25) is 9.69 Å². The number of nitrogens with one attached hydrogen (secondary N) is 1. The van der Waals surface area contributed by atoms with E-state index in [1.165, 1.54) is 4.90 Å². The van der Waals surface area contributed by atoms with Crippen molar-refractivity contribution in [3.05, 3.63) is 30.3 Å². The third-order valence-electron chi connectivity index (χ3n) is 3.65. The van der Waals surface area contributed by atoms with Gasteiger partial charge in [-0.1, -0.05) is 25.1 Å². The number of aliphatic carboxylic acids is 1. The van der Waals surface area contributed by atoms with Gasteiger partial charge < -0.3 is 10.4 Å². The number of carboxylic acid groups (broad SMARTS) is 1. The highest BCUT2D eigenvalue weighted by molar-refractivity contribution is 5.92. The number of amides is 2. The van der Waals surface area contributed by atoms with Crippen LogP contribution in [-0.2, 0) is 4.79 Å². The molecule has 2 amide bonds. The fourth-order valence-electron chi connectivity index (χ4n) is 2.16. The van der Waals surface area contributed by atoms with Gasteiger partial charge in [0.05, 0.1) is 6.42 Å². The number of hydrogen-bond donors (Lipinski definition) is 2. The molecule has 1 aliphatic carbocycles. The number of carbonyl (C=O) groups excluding carboxylic acids is 1. The molecule has 1 aliphatic rings. The largest absolute Gasteiger partial charge is 0.481 e. The van der Waals surface area contributed by atoms with E-state index in [-0.39, 0.29) is 19.0 Å². The Balaban J connectivity index is 1.97. The average molecular weight is 276 g/mol. The van der Waals surface area contributed by atoms with E-state index in [0.717, 1.165) is 12.1 Å². The Morgan fingerprint density at radius 2 is 2.00 bits per heavy atom. The Morgan fingerprint density at radius 3 is 2.55 bits per heavy atom. The van der Waals surface area contributed by atoms with E-state index >= 15 is 0 Å². The molecule has 5 heteroatoms. The molecule has 5 nitrogen and oxygen atoms in total. The first-order chi connectivity index (χ1) is 9.58. The lowest BCUT2D eigenvalue weighted by Gasteiger charge is -2.22. The van der Waals surface area contributed by atoms with Crippen LogP contribution in [0.1, 0.15) is 19.8 Å². The van der Waals surface area contributed by atoms with Gasteiger partial charge in [0.15, 0.2) is 0 Å². The molecule has 1 aromatic carbocycles. The third-order valence-corrected chi connectivity index (χ3v) is 3.65. The monoisotopic (exact) mass is 276 g/mol. The molecular weight excluding hydrogens is 256 g/mol. The van der Waals surface area contributed by atoms with Crippen LogP contribution in [0, 0.1) is 11.8 Å². The molecule has 1 saturated carbocycles. The van der Waals surface area contributed by atoms with E-state index in [4.69, 9.17) is 5.11 Å². The Labute approximate surface area is 118 Å². The molecule has 2 rings (SSSR count). The summed E-state index contributed by atoms with van der Waals surface area (Å²) in [6, 6.07) is 8.92. The van der Waals surface area contributed by atoms with E-state index in [9.17, 15) is 9.59 Å². The van der Waals surface area contributed by atoms with Crippen molar-refractivity contribution in [2.75, 3.05) is 18.0 Å². The molecule has 0 radical (unpaired) electrons. The van der Waals surface area contributed by atoms with Gasteiger partial charge in [0.1, 0.15) is 0 Å². The van der Waals surface area contributed by atoms with Crippen molar-refractivity contribution in [1.82, 2.24) is 5.32 Å². The molecule has 0 aromatic heterocycles. The number of nitrogens with zero attached hydrogens (tertiary/aromatic N) is 1. The second kappa shape index (κ2) is 6.41. The van der Waals surface area contributed by atoms with Crippen LogP contribution in [0.5, 0.6) is 0 Å². The lowest BCUT2D eigenvalue weighted by Crippen LogP contribution is -2.42. The van der Waals surface area contributed by atoms with Gasteiger partial charge >= 0.3 is 12.0 Å². The van der Waals surface area contributed by atoms with E-state index in [2.05, 4.69) is 12.2 Å². The molecular formula is C15H20N2O3. The smallest absolute Gasteiger partial charge is 0.321 e. The molecule has 108 valence electrons. The number of carbonyl (C=O) groups is 2. The van der Waals surface area contributed by atoms with E-state index in [0.29, 0.717) is 18.4 Å². The minimum Gasteiger partial charge on any atom is -0.481 e. The first-order valence-electron chi connectivity index (χ1n) is 6.90. The van der Waals surface area contributed by atoms with Gasteiger partial charge in [0.2, 0.25) is 0 Å². The van der Waals surface area contributed by atoms with Crippen molar-refractivity contribution in [3.8, 4) is 0 Å². The number of para-hydroxylation sites is 1. The summed E-state index contributed by atoms with van der Waals surface area (Å²) in [4.78, 5) is 24.4. The summed E-state index contributed by atoms with van der Waals surface area (Å²) in [5.74, 6) is 0.338. The van der Waals surface area contributed by atoms with Gasteiger partial charge in [-0.05, 0) is 30.4 Å².